The van der Waals surface area contributed by atoms with Gasteiger partial charge < -0.3 is 15.8 Å². The van der Waals surface area contributed by atoms with Crippen molar-refractivity contribution >= 4 is 54.8 Å². The number of thiophene rings is 1. The van der Waals surface area contributed by atoms with Crippen LogP contribution in [0, 0.1) is 0 Å². The van der Waals surface area contributed by atoms with E-state index in [-0.39, 0.29) is 5.91 Å². The van der Waals surface area contributed by atoms with E-state index in [4.69, 9.17) is 10.5 Å². The average molecular weight is 420 g/mol. The molecule has 3 N–H and O–H groups in total. The van der Waals surface area contributed by atoms with E-state index in [0.29, 0.717) is 30.2 Å². The molecule has 20 heavy (non-hydrogen) atoms. The molecule has 0 atom stereocenters. The molecule has 1 amide bonds. The van der Waals surface area contributed by atoms with Crippen LogP contribution in [0.4, 0.5) is 5.69 Å². The molecule has 0 aliphatic carbocycles. The van der Waals surface area contributed by atoms with Gasteiger partial charge in [-0.3, -0.25) is 4.79 Å². The second kappa shape index (κ2) is 7.21. The molecule has 7 heteroatoms. The Labute approximate surface area is 137 Å². The molecule has 0 fully saturated rings. The van der Waals surface area contributed by atoms with Gasteiger partial charge in [-0.2, -0.15) is 0 Å². The largest absolute Gasteiger partial charge is 0.492 e. The van der Waals surface area contributed by atoms with E-state index < -0.39 is 0 Å². The lowest BCUT2D eigenvalue weighted by Crippen LogP contribution is -2.12. The van der Waals surface area contributed by atoms with Crippen LogP contribution in [0.3, 0.4) is 0 Å². The van der Waals surface area contributed by atoms with E-state index >= 15 is 0 Å². The number of halogens is 2. The fourth-order valence-corrected chi connectivity index (χ4v) is 4.33. The van der Waals surface area contributed by atoms with Crippen molar-refractivity contribution in [1.82, 2.24) is 0 Å². The highest BCUT2D eigenvalue weighted by Gasteiger charge is 2.14. The number of hydrogen-bond donors (Lipinski definition) is 2. The Bertz CT molecular complexity index is 616. The summed E-state index contributed by atoms with van der Waals surface area (Å²) in [5, 5.41) is 2.83. The Kier molecular flexibility index (Phi) is 5.59. The van der Waals surface area contributed by atoms with Crippen LogP contribution >= 0.6 is 43.2 Å². The SMILES string of the molecule is NCCOc1cccc(NC(=O)c2cc(Br)sc2Br)c1. The standard InChI is InChI=1S/C13H12Br2N2O2S/c14-11-7-10(12(15)20-11)13(18)17-8-2-1-3-9(6-8)19-5-4-16/h1-3,6-7H,4-5,16H2,(H,17,18). The number of anilines is 1. The fourth-order valence-electron chi connectivity index (χ4n) is 1.53. The first-order valence-electron chi connectivity index (χ1n) is 5.79. The van der Waals surface area contributed by atoms with Gasteiger partial charge in [-0.05, 0) is 50.1 Å². The Morgan fingerprint density at radius 2 is 2.15 bits per heavy atom. The summed E-state index contributed by atoms with van der Waals surface area (Å²) < 4.78 is 7.11. The van der Waals surface area contributed by atoms with Crippen LogP contribution in [-0.2, 0) is 0 Å². The number of hydrogen-bond acceptors (Lipinski definition) is 4. The predicted molar refractivity (Wildman–Crippen MR) is 88.7 cm³/mol. The summed E-state index contributed by atoms with van der Waals surface area (Å²) in [6.45, 7) is 0.896. The molecular formula is C13H12Br2N2O2S. The molecule has 1 aromatic heterocycles. The highest BCUT2D eigenvalue weighted by molar-refractivity contribution is 9.12. The van der Waals surface area contributed by atoms with Crippen LogP contribution in [0.2, 0.25) is 0 Å². The second-order valence-electron chi connectivity index (χ2n) is 3.86. The van der Waals surface area contributed by atoms with Gasteiger partial charge in [0.1, 0.15) is 12.4 Å². The minimum atomic E-state index is -0.171. The van der Waals surface area contributed by atoms with Crippen LogP contribution in [0.25, 0.3) is 0 Å². The summed E-state index contributed by atoms with van der Waals surface area (Å²) in [7, 11) is 0. The van der Waals surface area contributed by atoms with E-state index in [9.17, 15) is 4.79 Å². The van der Waals surface area contributed by atoms with E-state index in [1.54, 1.807) is 12.1 Å². The molecule has 4 nitrogen and oxygen atoms in total. The highest BCUT2D eigenvalue weighted by Crippen LogP contribution is 2.32. The van der Waals surface area contributed by atoms with Crippen LogP contribution in [-0.4, -0.2) is 19.1 Å². The second-order valence-corrected chi connectivity index (χ2v) is 7.61. The zero-order valence-corrected chi connectivity index (χ0v) is 14.3. The molecular weight excluding hydrogens is 408 g/mol. The first-order valence-corrected chi connectivity index (χ1v) is 8.19. The quantitative estimate of drug-likeness (QED) is 0.773. The first kappa shape index (κ1) is 15.5. The van der Waals surface area contributed by atoms with Crippen molar-refractivity contribution in [3.05, 3.63) is 43.5 Å². The van der Waals surface area contributed by atoms with Gasteiger partial charge >= 0.3 is 0 Å². The van der Waals surface area contributed by atoms with Gasteiger partial charge in [0.15, 0.2) is 0 Å². The smallest absolute Gasteiger partial charge is 0.257 e. The van der Waals surface area contributed by atoms with Gasteiger partial charge in [0.25, 0.3) is 5.91 Å². The van der Waals surface area contributed by atoms with Crippen LogP contribution in [0.1, 0.15) is 10.4 Å². The highest BCUT2D eigenvalue weighted by atomic mass is 79.9. The van der Waals surface area contributed by atoms with Crippen molar-refractivity contribution in [3.63, 3.8) is 0 Å². The minimum absolute atomic E-state index is 0.171. The number of rotatable bonds is 5. The third-order valence-corrected chi connectivity index (χ3v) is 4.72. The van der Waals surface area contributed by atoms with Crippen molar-refractivity contribution < 1.29 is 9.53 Å². The average Bonchev–Trinajstić information content (AvgIpc) is 2.76. The zero-order valence-electron chi connectivity index (χ0n) is 10.4. The molecule has 0 saturated carbocycles. The van der Waals surface area contributed by atoms with Gasteiger partial charge in [0.2, 0.25) is 0 Å². The van der Waals surface area contributed by atoms with Crippen molar-refractivity contribution in [2.45, 2.75) is 0 Å². The zero-order chi connectivity index (χ0) is 14.5. The summed E-state index contributed by atoms with van der Waals surface area (Å²) in [5.41, 5.74) is 6.66. The maximum atomic E-state index is 12.2. The first-order chi connectivity index (χ1) is 9.60. The maximum Gasteiger partial charge on any atom is 0.257 e. The number of carbonyl (C=O) groups excluding carboxylic acids is 1. The number of amides is 1. The van der Waals surface area contributed by atoms with Gasteiger partial charge in [0.05, 0.1) is 13.1 Å². The Hall–Kier alpha value is -0.890. The van der Waals surface area contributed by atoms with Gasteiger partial charge in [-0.1, -0.05) is 6.07 Å². The molecule has 0 unspecified atom stereocenters. The lowest BCUT2D eigenvalue weighted by Gasteiger charge is -2.08. The fraction of sp³-hybridized carbons (Fsp3) is 0.154. The monoisotopic (exact) mass is 418 g/mol. The van der Waals surface area contributed by atoms with E-state index in [1.807, 2.05) is 18.2 Å². The molecule has 1 heterocycles. The molecule has 106 valence electrons. The lowest BCUT2D eigenvalue weighted by molar-refractivity contribution is 0.102. The summed E-state index contributed by atoms with van der Waals surface area (Å²) in [6.07, 6.45) is 0. The summed E-state index contributed by atoms with van der Waals surface area (Å²) in [5.74, 6) is 0.508. The number of nitrogens with two attached hydrogens (primary N) is 1. The lowest BCUT2D eigenvalue weighted by atomic mass is 10.2. The number of benzene rings is 1. The van der Waals surface area contributed by atoms with Crippen molar-refractivity contribution in [3.8, 4) is 5.75 Å². The molecule has 0 bridgehead atoms. The van der Waals surface area contributed by atoms with Crippen LogP contribution in [0.15, 0.2) is 37.9 Å². The molecule has 0 spiro atoms. The molecule has 0 saturated heterocycles. The minimum Gasteiger partial charge on any atom is -0.492 e. The maximum absolute atomic E-state index is 12.2. The molecule has 0 radical (unpaired) electrons. The van der Waals surface area contributed by atoms with E-state index in [1.165, 1.54) is 11.3 Å². The van der Waals surface area contributed by atoms with Gasteiger partial charge in [-0.15, -0.1) is 11.3 Å². The third-order valence-electron chi connectivity index (χ3n) is 2.38. The number of nitrogens with one attached hydrogen (secondary N) is 1. The summed E-state index contributed by atoms with van der Waals surface area (Å²) in [4.78, 5) is 12.2. The van der Waals surface area contributed by atoms with E-state index in [2.05, 4.69) is 37.2 Å². The number of carbonyl (C=O) groups is 1. The molecule has 0 aliphatic heterocycles. The Morgan fingerprint density at radius 3 is 2.80 bits per heavy atom. The Morgan fingerprint density at radius 1 is 1.35 bits per heavy atom. The molecule has 1 aromatic carbocycles. The van der Waals surface area contributed by atoms with Crippen molar-refractivity contribution in [2.24, 2.45) is 5.73 Å². The predicted octanol–water partition coefficient (Wildman–Crippen LogP) is 3.86. The summed E-state index contributed by atoms with van der Waals surface area (Å²) in [6, 6.07) is 8.99. The van der Waals surface area contributed by atoms with Gasteiger partial charge in [-0.25, -0.2) is 0 Å². The van der Waals surface area contributed by atoms with E-state index in [0.717, 1.165) is 7.57 Å². The molecule has 0 aliphatic rings. The normalized spacial score (nSPS) is 10.3. The van der Waals surface area contributed by atoms with Crippen molar-refractivity contribution in [2.75, 3.05) is 18.5 Å². The van der Waals surface area contributed by atoms with Crippen LogP contribution < -0.4 is 15.8 Å². The Balaban J connectivity index is 2.09. The molecule has 2 aromatic rings. The number of ether oxygens (including phenoxy) is 1. The molecule has 2 rings (SSSR count). The summed E-state index contributed by atoms with van der Waals surface area (Å²) >= 11 is 8.18. The van der Waals surface area contributed by atoms with Gasteiger partial charge in [0, 0.05) is 18.3 Å². The van der Waals surface area contributed by atoms with Crippen molar-refractivity contribution in [1.29, 1.82) is 0 Å². The topological polar surface area (TPSA) is 64.3 Å². The van der Waals surface area contributed by atoms with Crippen LogP contribution in [0.5, 0.6) is 5.75 Å². The third kappa shape index (κ3) is 4.05.